The van der Waals surface area contributed by atoms with Crippen LogP contribution in [-0.2, 0) is 14.4 Å². The van der Waals surface area contributed by atoms with E-state index in [-0.39, 0.29) is 35.6 Å². The number of anilines is 4. The Labute approximate surface area is 400 Å². The Morgan fingerprint density at radius 2 is 1.41 bits per heavy atom. The number of rotatable bonds is 12. The van der Waals surface area contributed by atoms with Gasteiger partial charge in [0.1, 0.15) is 23.0 Å². The van der Waals surface area contributed by atoms with E-state index < -0.39 is 0 Å². The number of hydrogen-bond donors (Lipinski definition) is 2. The van der Waals surface area contributed by atoms with Gasteiger partial charge in [-0.15, -0.1) is 0 Å². The van der Waals surface area contributed by atoms with Crippen LogP contribution < -0.4 is 20.4 Å². The quantitative estimate of drug-likeness (QED) is 0.176. The van der Waals surface area contributed by atoms with Crippen LogP contribution >= 0.6 is 0 Å². The van der Waals surface area contributed by atoms with E-state index in [1.54, 1.807) is 25.2 Å². The average molecular weight is 928 g/mol. The predicted octanol–water partition coefficient (Wildman–Crippen LogP) is 5.29. The summed E-state index contributed by atoms with van der Waals surface area (Å²) in [4.78, 5) is 83.3. The fourth-order valence-corrected chi connectivity index (χ4v) is 11.8. The van der Waals surface area contributed by atoms with Crippen molar-refractivity contribution in [3.63, 3.8) is 0 Å². The lowest BCUT2D eigenvalue weighted by molar-refractivity contribution is -0.137. The van der Waals surface area contributed by atoms with Gasteiger partial charge in [-0.3, -0.25) is 24.5 Å². The minimum absolute atomic E-state index is 0.0258. The van der Waals surface area contributed by atoms with Crippen molar-refractivity contribution in [2.24, 2.45) is 17.8 Å². The predicted molar refractivity (Wildman–Crippen MR) is 262 cm³/mol. The molecule has 1 unspecified atom stereocenters. The highest BCUT2D eigenvalue weighted by atomic mass is 16.2. The van der Waals surface area contributed by atoms with Crippen LogP contribution in [0.25, 0.3) is 11.0 Å². The Hall–Kier alpha value is -5.68. The van der Waals surface area contributed by atoms with Crippen LogP contribution in [-0.4, -0.2) is 160 Å². The van der Waals surface area contributed by atoms with Crippen LogP contribution in [0.15, 0.2) is 48.9 Å². The first-order valence-electron chi connectivity index (χ1n) is 25.5. The number of imide groups is 1. The van der Waals surface area contributed by atoms with Crippen LogP contribution in [0.4, 0.5) is 23.3 Å². The van der Waals surface area contributed by atoms with Crippen LogP contribution in [0.5, 0.6) is 0 Å². The maximum absolute atomic E-state index is 13.7. The van der Waals surface area contributed by atoms with Crippen molar-refractivity contribution in [2.75, 3.05) is 108 Å². The molecule has 5 aliphatic heterocycles. The number of carbonyl (C=O) groups excluding carboxylic acids is 4. The number of piperazine rings is 1. The molecule has 17 heteroatoms. The number of fused-ring (bicyclic) bond motifs is 1. The van der Waals surface area contributed by atoms with E-state index >= 15 is 0 Å². The van der Waals surface area contributed by atoms with Crippen LogP contribution in [0, 0.1) is 17.8 Å². The number of hydrogen-bond acceptors (Lipinski definition) is 13. The van der Waals surface area contributed by atoms with E-state index in [0.29, 0.717) is 42.1 Å². The normalized spacial score (nSPS) is 22.3. The van der Waals surface area contributed by atoms with Crippen LogP contribution in [0.2, 0.25) is 0 Å². The van der Waals surface area contributed by atoms with Crippen molar-refractivity contribution in [3.05, 3.63) is 60.2 Å². The number of piperidine rings is 4. The lowest BCUT2D eigenvalue weighted by Gasteiger charge is -2.41. The molecule has 1 atom stereocenters. The molecule has 10 rings (SSSR count). The topological polar surface area (TPSA) is 168 Å². The van der Waals surface area contributed by atoms with Gasteiger partial charge in [-0.05, 0) is 126 Å². The monoisotopic (exact) mass is 928 g/mol. The zero-order valence-electron chi connectivity index (χ0n) is 40.0. The van der Waals surface area contributed by atoms with Crippen molar-refractivity contribution >= 4 is 57.9 Å². The van der Waals surface area contributed by atoms with Gasteiger partial charge in [-0.25, -0.2) is 15.0 Å². The molecule has 4 aromatic rings. The first kappa shape index (κ1) is 46.1. The molecule has 1 saturated carbocycles. The lowest BCUT2D eigenvalue weighted by atomic mass is 9.90. The maximum Gasteiger partial charge on any atom is 0.270 e. The van der Waals surface area contributed by atoms with E-state index in [1.807, 2.05) is 36.7 Å². The molecule has 2 N–H and O–H groups in total. The molecule has 9 heterocycles. The summed E-state index contributed by atoms with van der Waals surface area (Å²) in [6.07, 6.45) is 17.5. The zero-order valence-corrected chi connectivity index (χ0v) is 40.0. The van der Waals surface area contributed by atoms with Gasteiger partial charge in [0, 0.05) is 103 Å². The first-order chi connectivity index (χ1) is 33.1. The zero-order chi connectivity index (χ0) is 46.7. The van der Waals surface area contributed by atoms with Gasteiger partial charge in [-0.2, -0.15) is 4.98 Å². The van der Waals surface area contributed by atoms with E-state index in [2.05, 4.69) is 50.8 Å². The SMILES string of the molecule is CN(C)C(=O)c1cc2cnc(Nc3ccc(N4CCN(C(=O)C5CCN(CC6CCN(CC7CCN(c8ccc(C9CCC(=O)NC9=O)cn8)CC7)CC6)CC5)CC4)cn3)nc2n1C1CCCC1. The number of pyridine rings is 2. The molecule has 0 bridgehead atoms. The molecule has 6 fully saturated rings. The van der Waals surface area contributed by atoms with E-state index in [1.165, 1.54) is 45.3 Å². The Bertz CT molecular complexity index is 2400. The summed E-state index contributed by atoms with van der Waals surface area (Å²) in [5.41, 5.74) is 3.35. The van der Waals surface area contributed by atoms with E-state index in [9.17, 15) is 19.2 Å². The third kappa shape index (κ3) is 10.3. The van der Waals surface area contributed by atoms with Gasteiger partial charge < -0.3 is 39.3 Å². The molecule has 0 aromatic carbocycles. The third-order valence-electron chi connectivity index (χ3n) is 15.9. The molecule has 17 nitrogen and oxygen atoms in total. The molecule has 6 aliphatic rings. The summed E-state index contributed by atoms with van der Waals surface area (Å²) in [7, 11) is 3.57. The van der Waals surface area contributed by atoms with Crippen molar-refractivity contribution in [3.8, 4) is 0 Å². The minimum Gasteiger partial charge on any atom is -0.367 e. The second-order valence-corrected chi connectivity index (χ2v) is 20.6. The standard InChI is InChI=1S/C51H69N13O4/c1-58(2)50(68)43-29-39-31-54-51(57-47(39)64(43)40-5-3-4-6-40)55-44-10-8-41(32-52-44)61-25-27-63(28-26-61)49(67)37-17-21-60(22-18-37)33-35-13-19-59(20-14-35)34-36-15-23-62(24-16-36)45-11-7-38(30-53-45)42-9-12-46(65)56-48(42)66/h7-8,10-11,29-32,35-37,40,42H,3-6,9,12-28,33-34H2,1-2H3,(H,56,65,66)(H,52,54,55,57). The summed E-state index contributed by atoms with van der Waals surface area (Å²) >= 11 is 0. The molecular formula is C51H69N13O4. The molecular weight excluding hydrogens is 859 g/mol. The van der Waals surface area contributed by atoms with Crippen LogP contribution in [0.3, 0.4) is 0 Å². The third-order valence-corrected chi connectivity index (χ3v) is 15.9. The number of nitrogens with one attached hydrogen (secondary N) is 2. The van der Waals surface area contributed by atoms with Crippen molar-refractivity contribution in [2.45, 2.75) is 89.0 Å². The van der Waals surface area contributed by atoms with E-state index in [0.717, 1.165) is 131 Å². The molecule has 0 spiro atoms. The first-order valence-corrected chi connectivity index (χ1v) is 25.5. The highest BCUT2D eigenvalue weighted by Crippen LogP contribution is 2.35. The molecule has 1 aliphatic carbocycles. The molecule has 4 amide bonds. The average Bonchev–Trinajstić information content (AvgIpc) is 4.04. The van der Waals surface area contributed by atoms with Crippen molar-refractivity contribution in [1.82, 2.24) is 49.4 Å². The van der Waals surface area contributed by atoms with E-state index in [4.69, 9.17) is 15.0 Å². The minimum atomic E-state index is -0.294. The molecule has 362 valence electrons. The number of carbonyl (C=O) groups is 4. The Balaban J connectivity index is 0.619. The second-order valence-electron chi connectivity index (χ2n) is 20.6. The van der Waals surface area contributed by atoms with Crippen molar-refractivity contribution in [1.29, 1.82) is 0 Å². The summed E-state index contributed by atoms with van der Waals surface area (Å²) in [6.45, 7) is 11.7. The number of likely N-dealkylation sites (tertiary alicyclic amines) is 2. The fourth-order valence-electron chi connectivity index (χ4n) is 11.8. The largest absolute Gasteiger partial charge is 0.367 e. The smallest absolute Gasteiger partial charge is 0.270 e. The molecule has 68 heavy (non-hydrogen) atoms. The fraction of sp³-hybridized carbons (Fsp3) is 0.608. The second kappa shape index (κ2) is 20.5. The Kier molecular flexibility index (Phi) is 13.9. The van der Waals surface area contributed by atoms with Gasteiger partial charge in [-0.1, -0.05) is 18.9 Å². The summed E-state index contributed by atoms with van der Waals surface area (Å²) in [5.74, 6) is 3.24. The summed E-state index contributed by atoms with van der Waals surface area (Å²) in [6, 6.07) is 10.2. The molecule has 0 radical (unpaired) electrons. The van der Waals surface area contributed by atoms with Gasteiger partial charge in [0.2, 0.25) is 23.7 Å². The Morgan fingerprint density at radius 3 is 2.04 bits per heavy atom. The highest BCUT2D eigenvalue weighted by molar-refractivity contribution is 6.01. The number of aromatic nitrogens is 5. The summed E-state index contributed by atoms with van der Waals surface area (Å²) < 4.78 is 2.12. The number of amides is 4. The molecule has 4 aromatic heterocycles. The highest BCUT2D eigenvalue weighted by Gasteiger charge is 2.34. The van der Waals surface area contributed by atoms with Gasteiger partial charge >= 0.3 is 0 Å². The van der Waals surface area contributed by atoms with Crippen LogP contribution in [0.1, 0.15) is 105 Å². The van der Waals surface area contributed by atoms with Gasteiger partial charge in [0.05, 0.1) is 17.8 Å². The van der Waals surface area contributed by atoms with Crippen molar-refractivity contribution < 1.29 is 19.2 Å². The molecule has 5 saturated heterocycles. The van der Waals surface area contributed by atoms with Gasteiger partial charge in [0.15, 0.2) is 0 Å². The lowest BCUT2D eigenvalue weighted by Crippen LogP contribution is -2.52. The van der Waals surface area contributed by atoms with Gasteiger partial charge in [0.25, 0.3) is 5.91 Å². The Morgan fingerprint density at radius 1 is 0.721 bits per heavy atom. The summed E-state index contributed by atoms with van der Waals surface area (Å²) in [5, 5.41) is 6.60. The maximum atomic E-state index is 13.7. The number of nitrogens with zero attached hydrogens (tertiary/aromatic N) is 11.